The third-order valence-corrected chi connectivity index (χ3v) is 4.83. The first-order chi connectivity index (χ1) is 11.0. The zero-order valence-corrected chi connectivity index (χ0v) is 15.3. The summed E-state index contributed by atoms with van der Waals surface area (Å²) in [4.78, 5) is 16.8. The fourth-order valence-electron chi connectivity index (χ4n) is 2.57. The number of hydrogen-bond acceptors (Lipinski definition) is 3. The summed E-state index contributed by atoms with van der Waals surface area (Å²) in [6.45, 7) is 9.45. The molecule has 1 aromatic carbocycles. The Hall–Kier alpha value is -1.49. The van der Waals surface area contributed by atoms with Gasteiger partial charge in [0.05, 0.1) is 16.8 Å². The van der Waals surface area contributed by atoms with Gasteiger partial charge in [0.2, 0.25) is 5.91 Å². The van der Waals surface area contributed by atoms with E-state index in [9.17, 15) is 4.79 Å². The predicted molar refractivity (Wildman–Crippen MR) is 97.8 cm³/mol. The number of aryl methyl sites for hydroxylation is 1. The van der Waals surface area contributed by atoms with Crippen LogP contribution >= 0.6 is 11.8 Å². The van der Waals surface area contributed by atoms with Gasteiger partial charge in [-0.05, 0) is 44.7 Å². The van der Waals surface area contributed by atoms with Crippen molar-refractivity contribution in [3.63, 3.8) is 0 Å². The maximum atomic E-state index is 12.1. The lowest BCUT2D eigenvalue weighted by atomic mass is 10.0. The number of para-hydroxylation sites is 2. The first-order valence-corrected chi connectivity index (χ1v) is 9.37. The first kappa shape index (κ1) is 17.9. The lowest BCUT2D eigenvalue weighted by Gasteiger charge is -2.15. The molecule has 1 heterocycles. The topological polar surface area (TPSA) is 46.9 Å². The van der Waals surface area contributed by atoms with Crippen LogP contribution in [0, 0.1) is 5.92 Å². The van der Waals surface area contributed by atoms with Crippen LogP contribution in [-0.2, 0) is 11.3 Å². The van der Waals surface area contributed by atoms with Gasteiger partial charge in [0.1, 0.15) is 0 Å². The number of nitrogens with zero attached hydrogens (tertiary/aromatic N) is 2. The molecule has 0 saturated heterocycles. The van der Waals surface area contributed by atoms with E-state index >= 15 is 0 Å². The Balaban J connectivity index is 1.91. The Kier molecular flexibility index (Phi) is 6.51. The molecular formula is C18H27N3OS. The number of amides is 1. The number of benzene rings is 1. The fourth-order valence-corrected chi connectivity index (χ4v) is 3.46. The monoisotopic (exact) mass is 333 g/mol. The summed E-state index contributed by atoms with van der Waals surface area (Å²) >= 11 is 1.51. The Morgan fingerprint density at radius 2 is 2.00 bits per heavy atom. The van der Waals surface area contributed by atoms with Crippen molar-refractivity contribution in [2.24, 2.45) is 5.92 Å². The van der Waals surface area contributed by atoms with Gasteiger partial charge in [-0.15, -0.1) is 0 Å². The minimum absolute atomic E-state index is 0.0842. The van der Waals surface area contributed by atoms with Crippen LogP contribution in [0.1, 0.15) is 40.5 Å². The molecule has 2 aromatic rings. The third kappa shape index (κ3) is 4.99. The molecule has 0 radical (unpaired) electrons. The molecule has 0 aliphatic carbocycles. The molecule has 126 valence electrons. The molecule has 0 fully saturated rings. The summed E-state index contributed by atoms with van der Waals surface area (Å²) in [6.07, 6.45) is 2.17. The molecule has 5 heteroatoms. The number of carbonyl (C=O) groups is 1. The van der Waals surface area contributed by atoms with Crippen LogP contribution in [-0.4, -0.2) is 27.3 Å². The van der Waals surface area contributed by atoms with Crippen molar-refractivity contribution in [3.8, 4) is 0 Å². The zero-order chi connectivity index (χ0) is 16.8. The first-order valence-electron chi connectivity index (χ1n) is 8.38. The van der Waals surface area contributed by atoms with E-state index in [1.807, 2.05) is 18.2 Å². The molecule has 1 amide bonds. The van der Waals surface area contributed by atoms with Crippen LogP contribution in [0.4, 0.5) is 0 Å². The average Bonchev–Trinajstić information content (AvgIpc) is 2.88. The number of hydrogen-bond donors (Lipinski definition) is 1. The van der Waals surface area contributed by atoms with Crippen LogP contribution in [0.5, 0.6) is 0 Å². The van der Waals surface area contributed by atoms with Gasteiger partial charge in [-0.2, -0.15) is 0 Å². The van der Waals surface area contributed by atoms with Gasteiger partial charge in [0, 0.05) is 12.6 Å². The van der Waals surface area contributed by atoms with Crippen molar-refractivity contribution >= 4 is 28.7 Å². The van der Waals surface area contributed by atoms with E-state index in [-0.39, 0.29) is 11.9 Å². The van der Waals surface area contributed by atoms with E-state index in [1.165, 1.54) is 11.8 Å². The number of fused-ring (bicyclic) bond motifs is 1. The number of rotatable bonds is 8. The molecule has 0 aliphatic heterocycles. The molecule has 1 N–H and O–H groups in total. The Labute approximate surface area is 143 Å². The average molecular weight is 334 g/mol. The number of thioether (sulfide) groups is 1. The second-order valence-corrected chi connectivity index (χ2v) is 7.30. The van der Waals surface area contributed by atoms with Crippen LogP contribution in [0.3, 0.4) is 0 Å². The highest BCUT2D eigenvalue weighted by Crippen LogP contribution is 2.23. The second-order valence-electron chi connectivity index (χ2n) is 6.36. The Morgan fingerprint density at radius 3 is 2.70 bits per heavy atom. The number of aromatic nitrogens is 2. The van der Waals surface area contributed by atoms with Gasteiger partial charge in [-0.3, -0.25) is 4.79 Å². The normalized spacial score (nSPS) is 12.7. The lowest BCUT2D eigenvalue weighted by Crippen LogP contribution is -2.34. The standard InChI is InChI=1S/C18H27N3OS/c1-5-21-16-9-7-6-8-15(16)20-18(21)23-12-17(22)19-14(4)11-10-13(2)3/h6-9,13-14H,5,10-12H2,1-4H3,(H,19,22). The highest BCUT2D eigenvalue weighted by molar-refractivity contribution is 7.99. The molecule has 0 spiro atoms. The Bertz CT molecular complexity index is 651. The quantitative estimate of drug-likeness (QED) is 0.740. The molecule has 1 aromatic heterocycles. The van der Waals surface area contributed by atoms with Crippen molar-refractivity contribution in [3.05, 3.63) is 24.3 Å². The van der Waals surface area contributed by atoms with Gasteiger partial charge < -0.3 is 9.88 Å². The largest absolute Gasteiger partial charge is 0.353 e. The van der Waals surface area contributed by atoms with E-state index in [4.69, 9.17) is 0 Å². The van der Waals surface area contributed by atoms with Crippen molar-refractivity contribution in [1.82, 2.24) is 14.9 Å². The number of nitrogens with one attached hydrogen (secondary N) is 1. The maximum Gasteiger partial charge on any atom is 0.230 e. The van der Waals surface area contributed by atoms with E-state index in [0.717, 1.165) is 35.6 Å². The molecule has 0 bridgehead atoms. The van der Waals surface area contributed by atoms with Crippen molar-refractivity contribution in [2.45, 2.75) is 58.3 Å². The maximum absolute atomic E-state index is 12.1. The minimum atomic E-state index is 0.0842. The predicted octanol–water partition coefficient (Wildman–Crippen LogP) is 4.09. The Morgan fingerprint density at radius 1 is 1.26 bits per heavy atom. The van der Waals surface area contributed by atoms with Gasteiger partial charge >= 0.3 is 0 Å². The molecule has 4 nitrogen and oxygen atoms in total. The van der Waals surface area contributed by atoms with Crippen LogP contribution in [0.15, 0.2) is 29.4 Å². The van der Waals surface area contributed by atoms with Crippen molar-refractivity contribution in [1.29, 1.82) is 0 Å². The second kappa shape index (κ2) is 8.39. The molecule has 23 heavy (non-hydrogen) atoms. The highest BCUT2D eigenvalue weighted by atomic mass is 32.2. The SMILES string of the molecule is CCn1c(SCC(=O)NC(C)CCC(C)C)nc2ccccc21. The van der Waals surface area contributed by atoms with E-state index in [1.54, 1.807) is 0 Å². The molecule has 0 aliphatic rings. The molecule has 1 atom stereocenters. The van der Waals surface area contributed by atoms with Crippen LogP contribution in [0.25, 0.3) is 11.0 Å². The highest BCUT2D eigenvalue weighted by Gasteiger charge is 2.13. The number of imidazole rings is 1. The smallest absolute Gasteiger partial charge is 0.230 e. The van der Waals surface area contributed by atoms with Gasteiger partial charge in [-0.1, -0.05) is 37.7 Å². The van der Waals surface area contributed by atoms with Crippen molar-refractivity contribution in [2.75, 3.05) is 5.75 Å². The van der Waals surface area contributed by atoms with Gasteiger partial charge in [0.15, 0.2) is 5.16 Å². The van der Waals surface area contributed by atoms with Gasteiger partial charge in [0.25, 0.3) is 0 Å². The van der Waals surface area contributed by atoms with Crippen LogP contribution < -0.4 is 5.32 Å². The zero-order valence-electron chi connectivity index (χ0n) is 14.5. The summed E-state index contributed by atoms with van der Waals surface area (Å²) in [5.74, 6) is 1.17. The lowest BCUT2D eigenvalue weighted by molar-refractivity contribution is -0.119. The van der Waals surface area contributed by atoms with Gasteiger partial charge in [-0.25, -0.2) is 4.98 Å². The van der Waals surface area contributed by atoms with Crippen molar-refractivity contribution < 1.29 is 4.79 Å². The number of carbonyl (C=O) groups excluding carboxylic acids is 1. The third-order valence-electron chi connectivity index (χ3n) is 3.85. The van der Waals surface area contributed by atoms with Crippen LogP contribution in [0.2, 0.25) is 0 Å². The summed E-state index contributed by atoms with van der Waals surface area (Å²) in [5.41, 5.74) is 2.12. The van der Waals surface area contributed by atoms with E-state index in [0.29, 0.717) is 11.7 Å². The summed E-state index contributed by atoms with van der Waals surface area (Å²) in [7, 11) is 0. The molecular weight excluding hydrogens is 306 g/mol. The van der Waals surface area contributed by atoms with E-state index < -0.39 is 0 Å². The summed E-state index contributed by atoms with van der Waals surface area (Å²) < 4.78 is 2.16. The molecule has 2 rings (SSSR count). The summed E-state index contributed by atoms with van der Waals surface area (Å²) in [5, 5.41) is 4.00. The minimum Gasteiger partial charge on any atom is -0.353 e. The summed E-state index contributed by atoms with van der Waals surface area (Å²) in [6, 6.07) is 8.33. The fraction of sp³-hybridized carbons (Fsp3) is 0.556. The van der Waals surface area contributed by atoms with E-state index in [2.05, 4.69) is 48.6 Å². The molecule has 1 unspecified atom stereocenters. The molecule has 0 saturated carbocycles.